The molecule has 5 nitrogen and oxygen atoms in total. The maximum absolute atomic E-state index is 9.71. The Labute approximate surface area is 54.9 Å². The molecule has 1 aromatic rings. The quantitative estimate of drug-likeness (QED) is 0.357. The molecule has 0 saturated heterocycles. The molecule has 0 aromatic carbocycles. The number of nitroso groups, excluding NO2 is 1. The van der Waals surface area contributed by atoms with Gasteiger partial charge in [0.2, 0.25) is 5.50 Å². The Kier molecular flexibility index (Phi) is 1.74. The van der Waals surface area contributed by atoms with Gasteiger partial charge in [-0.3, -0.25) is 0 Å². The molecule has 6 heteroatoms. The Morgan fingerprint density at radius 3 is 3.11 bits per heavy atom. The molecule has 0 radical (unpaired) electrons. The van der Waals surface area contributed by atoms with E-state index in [1.54, 1.807) is 0 Å². The zero-order valence-electron chi connectivity index (χ0n) is 4.19. The summed E-state index contributed by atoms with van der Waals surface area (Å²) in [6, 6.07) is 0. The normalized spacial score (nSPS) is 13.0. The molecule has 0 aliphatic rings. The summed E-state index contributed by atoms with van der Waals surface area (Å²) < 4.78 is 4.15. The molecular formula is C3H2ClN3O2. The Hall–Kier alpha value is -0.970. The van der Waals surface area contributed by atoms with E-state index in [0.29, 0.717) is 0 Å². The topological polar surface area (TPSA) is 68.3 Å². The molecule has 1 aromatic heterocycles. The Morgan fingerprint density at radius 2 is 2.67 bits per heavy atom. The van der Waals surface area contributed by atoms with Crippen molar-refractivity contribution in [3.8, 4) is 0 Å². The van der Waals surface area contributed by atoms with Gasteiger partial charge >= 0.3 is 0 Å². The fraction of sp³-hybridized carbons (Fsp3) is 0.333. The summed E-state index contributed by atoms with van der Waals surface area (Å²) in [5.74, 6) is 0. The number of aromatic nitrogens is 2. The molecule has 1 unspecified atom stereocenters. The van der Waals surface area contributed by atoms with Gasteiger partial charge < -0.3 is 0 Å². The van der Waals surface area contributed by atoms with Crippen molar-refractivity contribution in [3.63, 3.8) is 0 Å². The van der Waals surface area contributed by atoms with Crippen molar-refractivity contribution >= 4 is 11.6 Å². The average molecular weight is 148 g/mol. The number of alkyl halides is 1. The fourth-order valence-corrected chi connectivity index (χ4v) is 0.427. The van der Waals surface area contributed by atoms with Crippen molar-refractivity contribution < 1.29 is 4.63 Å². The van der Waals surface area contributed by atoms with E-state index in [0.717, 1.165) is 0 Å². The van der Waals surface area contributed by atoms with Crippen LogP contribution in [0, 0.1) is 4.91 Å². The molecule has 0 amide bonds. The minimum atomic E-state index is -0.990. The van der Waals surface area contributed by atoms with Gasteiger partial charge in [0.25, 0.3) is 0 Å². The van der Waals surface area contributed by atoms with Gasteiger partial charge in [0.1, 0.15) is 5.69 Å². The third-order valence-corrected chi connectivity index (χ3v) is 1.02. The molecular weight excluding hydrogens is 146 g/mol. The highest BCUT2D eigenvalue weighted by Gasteiger charge is 2.10. The predicted octanol–water partition coefficient (Wildman–Crippen LogP) is 1.07. The van der Waals surface area contributed by atoms with Crippen LogP contribution in [0.15, 0.2) is 16.0 Å². The van der Waals surface area contributed by atoms with Crippen LogP contribution in [0.1, 0.15) is 11.2 Å². The number of hydrogen-bond acceptors (Lipinski definition) is 5. The maximum atomic E-state index is 9.71. The van der Waals surface area contributed by atoms with E-state index in [9.17, 15) is 4.91 Å². The first-order valence-electron chi connectivity index (χ1n) is 2.08. The van der Waals surface area contributed by atoms with Crippen LogP contribution in [0.3, 0.4) is 0 Å². The molecule has 1 rings (SSSR count). The maximum Gasteiger partial charge on any atom is 0.212 e. The van der Waals surface area contributed by atoms with Crippen LogP contribution in [-0.4, -0.2) is 10.3 Å². The molecule has 0 aliphatic heterocycles. The lowest BCUT2D eigenvalue weighted by atomic mass is 10.5. The minimum Gasteiger partial charge on any atom is -0.244 e. The number of halogens is 1. The van der Waals surface area contributed by atoms with Gasteiger partial charge in [-0.1, -0.05) is 21.9 Å². The highest BCUT2D eigenvalue weighted by molar-refractivity contribution is 6.20. The minimum absolute atomic E-state index is 0.228. The van der Waals surface area contributed by atoms with Crippen LogP contribution in [-0.2, 0) is 0 Å². The summed E-state index contributed by atoms with van der Waals surface area (Å²) in [4.78, 5) is 9.71. The van der Waals surface area contributed by atoms with Gasteiger partial charge in [0.15, 0.2) is 0 Å². The van der Waals surface area contributed by atoms with Crippen LogP contribution in [0.5, 0.6) is 0 Å². The summed E-state index contributed by atoms with van der Waals surface area (Å²) >= 11 is 5.29. The van der Waals surface area contributed by atoms with Crippen LogP contribution >= 0.6 is 11.6 Å². The second kappa shape index (κ2) is 2.54. The predicted molar refractivity (Wildman–Crippen MR) is 28.7 cm³/mol. The molecule has 48 valence electrons. The number of rotatable bonds is 2. The van der Waals surface area contributed by atoms with Gasteiger partial charge in [-0.15, -0.1) is 4.91 Å². The van der Waals surface area contributed by atoms with E-state index in [1.165, 1.54) is 6.20 Å². The van der Waals surface area contributed by atoms with E-state index in [2.05, 4.69) is 20.1 Å². The summed E-state index contributed by atoms with van der Waals surface area (Å²) in [5.41, 5.74) is -0.761. The van der Waals surface area contributed by atoms with Gasteiger partial charge in [-0.2, -0.15) is 0 Å². The third-order valence-electron chi connectivity index (χ3n) is 0.715. The van der Waals surface area contributed by atoms with Crippen molar-refractivity contribution in [3.05, 3.63) is 16.8 Å². The lowest BCUT2D eigenvalue weighted by molar-refractivity contribution is 0.303. The SMILES string of the molecule is O=NC(Cl)c1cnon1. The standard InChI is InChI=1S/C3H2ClN3O2/c4-3(6-8)2-1-5-9-7-2/h1,3H. The smallest absolute Gasteiger partial charge is 0.212 e. The monoisotopic (exact) mass is 147 g/mol. The molecule has 0 aliphatic carbocycles. The van der Waals surface area contributed by atoms with Crippen LogP contribution in [0.4, 0.5) is 0 Å². The zero-order chi connectivity index (χ0) is 6.69. The second-order valence-electron chi connectivity index (χ2n) is 1.27. The van der Waals surface area contributed by atoms with E-state index < -0.39 is 5.50 Å². The summed E-state index contributed by atoms with van der Waals surface area (Å²) in [5, 5.41) is 8.98. The molecule has 0 fully saturated rings. The van der Waals surface area contributed by atoms with Crippen molar-refractivity contribution in [2.75, 3.05) is 0 Å². The fourth-order valence-electron chi connectivity index (χ4n) is 0.331. The highest BCUT2D eigenvalue weighted by Crippen LogP contribution is 2.17. The molecule has 9 heavy (non-hydrogen) atoms. The molecule has 0 bridgehead atoms. The van der Waals surface area contributed by atoms with E-state index in [1.807, 2.05) is 0 Å². The van der Waals surface area contributed by atoms with E-state index >= 15 is 0 Å². The first kappa shape index (κ1) is 6.15. The van der Waals surface area contributed by atoms with E-state index in [4.69, 9.17) is 11.6 Å². The first-order valence-corrected chi connectivity index (χ1v) is 2.52. The lowest BCUT2D eigenvalue weighted by Crippen LogP contribution is -1.82. The van der Waals surface area contributed by atoms with Crippen molar-refractivity contribution in [1.82, 2.24) is 10.3 Å². The second-order valence-corrected chi connectivity index (χ2v) is 1.69. The summed E-state index contributed by atoms with van der Waals surface area (Å²) in [6.45, 7) is 0. The third kappa shape index (κ3) is 1.23. The molecule has 1 atom stereocenters. The zero-order valence-corrected chi connectivity index (χ0v) is 4.95. The van der Waals surface area contributed by atoms with E-state index in [-0.39, 0.29) is 5.69 Å². The summed E-state index contributed by atoms with van der Waals surface area (Å²) in [6.07, 6.45) is 1.24. The Balaban J connectivity index is 2.76. The Morgan fingerprint density at radius 1 is 1.89 bits per heavy atom. The van der Waals surface area contributed by atoms with Gasteiger partial charge in [-0.25, -0.2) is 4.63 Å². The number of nitrogens with zero attached hydrogens (tertiary/aromatic N) is 3. The largest absolute Gasteiger partial charge is 0.244 e. The van der Waals surface area contributed by atoms with Crippen molar-refractivity contribution in [2.45, 2.75) is 5.50 Å². The average Bonchev–Trinajstić information content (AvgIpc) is 2.37. The molecule has 1 heterocycles. The van der Waals surface area contributed by atoms with Crippen molar-refractivity contribution in [1.29, 1.82) is 0 Å². The molecule has 0 spiro atoms. The molecule has 0 N–H and O–H groups in total. The molecule has 0 saturated carbocycles. The van der Waals surface area contributed by atoms with Gasteiger partial charge in [-0.05, 0) is 5.18 Å². The van der Waals surface area contributed by atoms with Gasteiger partial charge in [0.05, 0.1) is 6.20 Å². The Bertz CT molecular complexity index is 187. The first-order chi connectivity index (χ1) is 4.34. The van der Waals surface area contributed by atoms with Crippen LogP contribution in [0.25, 0.3) is 0 Å². The highest BCUT2D eigenvalue weighted by atomic mass is 35.5. The summed E-state index contributed by atoms with van der Waals surface area (Å²) in [7, 11) is 0. The van der Waals surface area contributed by atoms with Crippen molar-refractivity contribution in [2.24, 2.45) is 5.18 Å². The van der Waals surface area contributed by atoms with Gasteiger partial charge in [0, 0.05) is 0 Å². The number of hydrogen-bond donors (Lipinski definition) is 0. The van der Waals surface area contributed by atoms with Crippen LogP contribution in [0.2, 0.25) is 0 Å². The van der Waals surface area contributed by atoms with Crippen LogP contribution < -0.4 is 0 Å². The lowest BCUT2D eigenvalue weighted by Gasteiger charge is -1.86.